The van der Waals surface area contributed by atoms with E-state index in [9.17, 15) is 9.59 Å². The minimum Gasteiger partial charge on any atom is -0.465 e. The van der Waals surface area contributed by atoms with Crippen LogP contribution in [-0.4, -0.2) is 35.8 Å². The summed E-state index contributed by atoms with van der Waals surface area (Å²) in [6, 6.07) is 0. The molecule has 0 fully saturated rings. The Kier molecular flexibility index (Phi) is 3.24. The molecule has 0 unspecified atom stereocenters. The molecule has 58 valence electrons. The van der Waals surface area contributed by atoms with E-state index in [2.05, 4.69) is 4.74 Å². The van der Waals surface area contributed by atoms with Crippen LogP contribution in [0.5, 0.6) is 0 Å². The molecule has 2 amide bonds. The van der Waals surface area contributed by atoms with Crippen LogP contribution in [0.4, 0.5) is 9.59 Å². The van der Waals surface area contributed by atoms with Crippen molar-refractivity contribution in [3.8, 4) is 0 Å². The maximum absolute atomic E-state index is 10.5. The lowest BCUT2D eigenvalue weighted by molar-refractivity contribution is 0.106. The van der Waals surface area contributed by atoms with Crippen LogP contribution >= 0.6 is 0 Å². The van der Waals surface area contributed by atoms with Crippen molar-refractivity contribution in [2.45, 2.75) is 6.92 Å². The predicted octanol–water partition coefficient (Wildman–Crippen LogP) is 0.753. The minimum atomic E-state index is -1.32. The topological polar surface area (TPSA) is 66.8 Å². The van der Waals surface area contributed by atoms with Crippen molar-refractivity contribution >= 4 is 12.2 Å². The van der Waals surface area contributed by atoms with E-state index in [0.717, 1.165) is 7.05 Å². The summed E-state index contributed by atoms with van der Waals surface area (Å²) in [4.78, 5) is 21.0. The van der Waals surface area contributed by atoms with Gasteiger partial charge in [0.15, 0.2) is 0 Å². The first kappa shape index (κ1) is 8.74. The second-order valence-corrected chi connectivity index (χ2v) is 1.54. The Morgan fingerprint density at radius 3 is 2.40 bits per heavy atom. The molecule has 0 aromatic carbocycles. The Hall–Kier alpha value is -1.26. The van der Waals surface area contributed by atoms with Crippen molar-refractivity contribution in [3.63, 3.8) is 0 Å². The van der Waals surface area contributed by atoms with Crippen molar-refractivity contribution in [2.75, 3.05) is 13.7 Å². The molecule has 0 saturated carbocycles. The van der Waals surface area contributed by atoms with Crippen molar-refractivity contribution in [1.29, 1.82) is 0 Å². The van der Waals surface area contributed by atoms with Gasteiger partial charge in [-0.25, -0.2) is 14.5 Å². The summed E-state index contributed by atoms with van der Waals surface area (Å²) in [6.45, 7) is 1.78. The molecule has 10 heavy (non-hydrogen) atoms. The zero-order chi connectivity index (χ0) is 8.15. The molecule has 0 rings (SSSR count). The highest BCUT2D eigenvalue weighted by molar-refractivity contribution is 5.86. The summed E-state index contributed by atoms with van der Waals surface area (Å²) < 4.78 is 4.37. The van der Waals surface area contributed by atoms with Crippen molar-refractivity contribution in [1.82, 2.24) is 4.90 Å². The second kappa shape index (κ2) is 3.71. The van der Waals surface area contributed by atoms with E-state index in [1.165, 1.54) is 0 Å². The van der Waals surface area contributed by atoms with Gasteiger partial charge in [-0.15, -0.1) is 0 Å². The zero-order valence-electron chi connectivity index (χ0n) is 5.83. The number of imide groups is 1. The molecule has 0 radical (unpaired) electrons. The van der Waals surface area contributed by atoms with Crippen LogP contribution in [0.3, 0.4) is 0 Å². The molecule has 0 aliphatic heterocycles. The molecule has 0 saturated heterocycles. The first-order chi connectivity index (χ1) is 4.59. The molecular formula is C5H9NO4. The highest BCUT2D eigenvalue weighted by Gasteiger charge is 2.15. The van der Waals surface area contributed by atoms with Gasteiger partial charge in [0, 0.05) is 7.05 Å². The maximum Gasteiger partial charge on any atom is 0.419 e. The van der Waals surface area contributed by atoms with Crippen LogP contribution in [0.25, 0.3) is 0 Å². The lowest BCUT2D eigenvalue weighted by Gasteiger charge is -2.09. The molecule has 0 aromatic heterocycles. The Bertz CT molecular complexity index is 145. The lowest BCUT2D eigenvalue weighted by atomic mass is 10.8. The van der Waals surface area contributed by atoms with Gasteiger partial charge in [0.25, 0.3) is 0 Å². The van der Waals surface area contributed by atoms with Crippen molar-refractivity contribution in [2.24, 2.45) is 0 Å². The van der Waals surface area contributed by atoms with E-state index >= 15 is 0 Å². The Labute approximate surface area is 58.2 Å². The van der Waals surface area contributed by atoms with Gasteiger partial charge in [-0.1, -0.05) is 0 Å². The molecule has 0 aliphatic carbocycles. The Balaban J connectivity index is 3.82. The molecule has 0 heterocycles. The zero-order valence-corrected chi connectivity index (χ0v) is 5.83. The summed E-state index contributed by atoms with van der Waals surface area (Å²) in [7, 11) is 1.13. The number of carbonyl (C=O) groups is 2. The summed E-state index contributed by atoms with van der Waals surface area (Å²) >= 11 is 0. The first-order valence-electron chi connectivity index (χ1n) is 2.73. The number of rotatable bonds is 1. The quantitative estimate of drug-likeness (QED) is 0.594. The molecule has 0 aromatic rings. The summed E-state index contributed by atoms with van der Waals surface area (Å²) in [5.41, 5.74) is 0. The van der Waals surface area contributed by atoms with Crippen LogP contribution < -0.4 is 0 Å². The Morgan fingerprint density at radius 2 is 2.10 bits per heavy atom. The average molecular weight is 147 g/mol. The van der Waals surface area contributed by atoms with Gasteiger partial charge < -0.3 is 9.84 Å². The third-order valence-corrected chi connectivity index (χ3v) is 0.829. The monoisotopic (exact) mass is 147 g/mol. The molecule has 0 bridgehead atoms. The van der Waals surface area contributed by atoms with E-state index in [1.54, 1.807) is 6.92 Å². The highest BCUT2D eigenvalue weighted by atomic mass is 16.6. The number of amides is 2. The summed E-state index contributed by atoms with van der Waals surface area (Å²) in [5, 5.41) is 8.20. The van der Waals surface area contributed by atoms with Gasteiger partial charge in [-0.3, -0.25) is 0 Å². The van der Waals surface area contributed by atoms with Crippen LogP contribution in [0.1, 0.15) is 6.92 Å². The number of hydrogen-bond acceptors (Lipinski definition) is 3. The smallest absolute Gasteiger partial charge is 0.419 e. The van der Waals surface area contributed by atoms with E-state index in [1.807, 2.05) is 0 Å². The maximum atomic E-state index is 10.5. The van der Waals surface area contributed by atoms with E-state index in [0.29, 0.717) is 4.90 Å². The van der Waals surface area contributed by atoms with E-state index in [4.69, 9.17) is 5.11 Å². The molecular weight excluding hydrogens is 138 g/mol. The highest BCUT2D eigenvalue weighted by Crippen LogP contribution is 1.89. The predicted molar refractivity (Wildman–Crippen MR) is 32.8 cm³/mol. The molecule has 0 spiro atoms. The SMILES string of the molecule is CCOC(=O)N(C)C(=O)O. The third kappa shape index (κ3) is 2.34. The molecule has 0 atom stereocenters. The van der Waals surface area contributed by atoms with E-state index < -0.39 is 12.2 Å². The van der Waals surface area contributed by atoms with Crippen LogP contribution in [-0.2, 0) is 4.74 Å². The lowest BCUT2D eigenvalue weighted by Crippen LogP contribution is -2.32. The van der Waals surface area contributed by atoms with Gasteiger partial charge in [0.05, 0.1) is 6.61 Å². The number of ether oxygens (including phenoxy) is 1. The molecule has 1 N–H and O–H groups in total. The normalized spacial score (nSPS) is 8.60. The summed E-state index contributed by atoms with van der Waals surface area (Å²) in [5.74, 6) is 0. The first-order valence-corrected chi connectivity index (χ1v) is 2.73. The fourth-order valence-electron chi connectivity index (χ4n) is 0.298. The number of nitrogens with zero attached hydrogens (tertiary/aromatic N) is 1. The number of carboxylic acid groups (broad SMARTS) is 1. The fourth-order valence-corrected chi connectivity index (χ4v) is 0.298. The minimum absolute atomic E-state index is 0.177. The van der Waals surface area contributed by atoms with Crippen molar-refractivity contribution in [3.05, 3.63) is 0 Å². The Morgan fingerprint density at radius 1 is 1.60 bits per heavy atom. The summed E-state index contributed by atoms with van der Waals surface area (Å²) in [6.07, 6.45) is -2.17. The fraction of sp³-hybridized carbons (Fsp3) is 0.600. The molecule has 5 nitrogen and oxygen atoms in total. The van der Waals surface area contributed by atoms with Gasteiger partial charge in [-0.05, 0) is 6.92 Å². The third-order valence-electron chi connectivity index (χ3n) is 0.829. The van der Waals surface area contributed by atoms with Gasteiger partial charge in [-0.2, -0.15) is 0 Å². The van der Waals surface area contributed by atoms with Crippen LogP contribution in [0.2, 0.25) is 0 Å². The number of hydrogen-bond donors (Lipinski definition) is 1. The second-order valence-electron chi connectivity index (χ2n) is 1.54. The van der Waals surface area contributed by atoms with Gasteiger partial charge in [0.2, 0.25) is 0 Å². The van der Waals surface area contributed by atoms with Crippen molar-refractivity contribution < 1.29 is 19.4 Å². The largest absolute Gasteiger partial charge is 0.465 e. The van der Waals surface area contributed by atoms with Gasteiger partial charge >= 0.3 is 12.2 Å². The average Bonchev–Trinajstić information content (AvgIpc) is 1.87. The standard InChI is InChI=1S/C5H9NO4/c1-3-10-5(9)6(2)4(7)8/h3H2,1-2H3,(H,7,8). The molecule has 0 aliphatic rings. The number of carbonyl (C=O) groups excluding carboxylic acids is 1. The van der Waals surface area contributed by atoms with Crippen LogP contribution in [0.15, 0.2) is 0 Å². The van der Waals surface area contributed by atoms with E-state index in [-0.39, 0.29) is 6.61 Å². The van der Waals surface area contributed by atoms with Crippen LogP contribution in [0, 0.1) is 0 Å². The van der Waals surface area contributed by atoms with Gasteiger partial charge in [0.1, 0.15) is 0 Å². The molecule has 5 heteroatoms.